The zero-order valence-corrected chi connectivity index (χ0v) is 12.9. The van der Waals surface area contributed by atoms with E-state index in [0.29, 0.717) is 5.69 Å². The van der Waals surface area contributed by atoms with Crippen molar-refractivity contribution in [3.8, 4) is 0 Å². The summed E-state index contributed by atoms with van der Waals surface area (Å²) in [5, 5.41) is 4.01. The third kappa shape index (κ3) is 2.25. The van der Waals surface area contributed by atoms with E-state index < -0.39 is 0 Å². The molecule has 20 heavy (non-hydrogen) atoms. The Hall–Kier alpha value is -1.66. The van der Waals surface area contributed by atoms with Crippen LogP contribution < -0.4 is 4.90 Å². The molecule has 0 aromatic carbocycles. The van der Waals surface area contributed by atoms with E-state index in [1.165, 1.54) is 4.88 Å². The topological polar surface area (TPSA) is 37.6 Å². The van der Waals surface area contributed by atoms with Crippen molar-refractivity contribution >= 4 is 39.7 Å². The zero-order valence-electron chi connectivity index (χ0n) is 11.3. The molecule has 3 heterocycles. The molecule has 0 saturated heterocycles. The van der Waals surface area contributed by atoms with E-state index in [1.807, 2.05) is 22.0 Å². The number of fused-ring (bicyclic) bond motifs is 1. The predicted octanol–water partition coefficient (Wildman–Crippen LogP) is 3.68. The van der Waals surface area contributed by atoms with Gasteiger partial charge in [0.1, 0.15) is 5.69 Å². The van der Waals surface area contributed by atoms with Crippen LogP contribution in [0.15, 0.2) is 29.1 Å². The first kappa shape index (κ1) is 13.3. The number of thiazole rings is 1. The van der Waals surface area contributed by atoms with Gasteiger partial charge in [-0.3, -0.25) is 9.20 Å². The van der Waals surface area contributed by atoms with Crippen molar-refractivity contribution in [2.45, 2.75) is 26.4 Å². The monoisotopic (exact) mass is 305 g/mol. The average Bonchev–Trinajstić information content (AvgIpc) is 3.11. The van der Waals surface area contributed by atoms with Crippen molar-refractivity contribution in [2.24, 2.45) is 0 Å². The van der Waals surface area contributed by atoms with Gasteiger partial charge in [-0.2, -0.15) is 0 Å². The van der Waals surface area contributed by atoms with Crippen LogP contribution in [0.25, 0.3) is 4.96 Å². The molecule has 0 bridgehead atoms. The van der Waals surface area contributed by atoms with Crippen LogP contribution in [0.1, 0.15) is 29.2 Å². The largest absolute Gasteiger partial charge is 0.347 e. The highest BCUT2D eigenvalue weighted by molar-refractivity contribution is 7.15. The fourth-order valence-corrected chi connectivity index (χ4v) is 3.60. The summed E-state index contributed by atoms with van der Waals surface area (Å²) in [6.45, 7) is 5.02. The Bertz CT molecular complexity index is 712. The van der Waals surface area contributed by atoms with Crippen molar-refractivity contribution in [3.63, 3.8) is 0 Å². The normalized spacial score (nSPS) is 11.3. The number of rotatable bonds is 5. The molecule has 0 aliphatic heterocycles. The highest BCUT2D eigenvalue weighted by atomic mass is 32.1. The van der Waals surface area contributed by atoms with Crippen LogP contribution in [0.4, 0.5) is 5.82 Å². The molecule has 3 rings (SSSR count). The molecule has 0 amide bonds. The Morgan fingerprint density at radius 3 is 2.90 bits per heavy atom. The molecule has 0 aliphatic rings. The third-order valence-corrected chi connectivity index (χ3v) is 4.81. The van der Waals surface area contributed by atoms with Gasteiger partial charge in [-0.25, -0.2) is 4.98 Å². The number of imidazole rings is 1. The van der Waals surface area contributed by atoms with Crippen LogP contribution in [0, 0.1) is 0 Å². The van der Waals surface area contributed by atoms with E-state index in [0.717, 1.165) is 23.6 Å². The lowest BCUT2D eigenvalue weighted by Gasteiger charge is -2.26. The molecule has 0 N–H and O–H groups in total. The Morgan fingerprint density at radius 2 is 2.25 bits per heavy atom. The molecule has 3 aromatic rings. The fraction of sp³-hybridized carbons (Fsp3) is 0.286. The van der Waals surface area contributed by atoms with Gasteiger partial charge in [0, 0.05) is 22.5 Å². The van der Waals surface area contributed by atoms with E-state index in [1.54, 1.807) is 22.7 Å². The Labute approximate surface area is 125 Å². The summed E-state index contributed by atoms with van der Waals surface area (Å²) >= 11 is 3.27. The van der Waals surface area contributed by atoms with E-state index in [4.69, 9.17) is 0 Å². The molecule has 6 heteroatoms. The molecule has 0 saturated carbocycles. The second kappa shape index (κ2) is 5.38. The number of thiophene rings is 1. The van der Waals surface area contributed by atoms with Crippen molar-refractivity contribution in [3.05, 3.63) is 39.7 Å². The summed E-state index contributed by atoms with van der Waals surface area (Å²) in [5.41, 5.74) is 0.631. The highest BCUT2D eigenvalue weighted by Crippen LogP contribution is 2.27. The molecule has 3 aromatic heterocycles. The van der Waals surface area contributed by atoms with Crippen LogP contribution in [-0.4, -0.2) is 21.7 Å². The molecule has 104 valence electrons. The first-order valence-corrected chi connectivity index (χ1v) is 8.16. The van der Waals surface area contributed by atoms with Crippen molar-refractivity contribution in [2.75, 3.05) is 4.90 Å². The summed E-state index contributed by atoms with van der Waals surface area (Å²) in [6, 6.07) is 4.43. The van der Waals surface area contributed by atoms with Gasteiger partial charge in [0.25, 0.3) is 0 Å². The van der Waals surface area contributed by atoms with Gasteiger partial charge in [-0.05, 0) is 25.3 Å². The van der Waals surface area contributed by atoms with E-state index in [-0.39, 0.29) is 6.04 Å². The van der Waals surface area contributed by atoms with Gasteiger partial charge in [-0.1, -0.05) is 6.07 Å². The first-order chi connectivity index (χ1) is 9.70. The lowest BCUT2D eigenvalue weighted by atomic mass is 10.2. The van der Waals surface area contributed by atoms with Gasteiger partial charge in [0.15, 0.2) is 17.1 Å². The molecule has 4 nitrogen and oxygen atoms in total. The molecule has 0 radical (unpaired) electrons. The number of nitrogens with zero attached hydrogens (tertiary/aromatic N) is 3. The Morgan fingerprint density at radius 1 is 1.40 bits per heavy atom. The number of carbonyl (C=O) groups excluding carboxylic acids is 1. The lowest BCUT2D eigenvalue weighted by Crippen LogP contribution is -2.31. The Kier molecular flexibility index (Phi) is 3.58. The first-order valence-electron chi connectivity index (χ1n) is 6.40. The number of anilines is 1. The molecule has 0 spiro atoms. The molecular formula is C14H15N3OS2. The van der Waals surface area contributed by atoms with Crippen molar-refractivity contribution in [1.29, 1.82) is 0 Å². The summed E-state index contributed by atoms with van der Waals surface area (Å²) in [5.74, 6) is 0.773. The van der Waals surface area contributed by atoms with Gasteiger partial charge in [-0.15, -0.1) is 22.7 Å². The van der Waals surface area contributed by atoms with Crippen LogP contribution in [0.3, 0.4) is 0 Å². The van der Waals surface area contributed by atoms with E-state index >= 15 is 0 Å². The maximum absolute atomic E-state index is 11.4. The summed E-state index contributed by atoms with van der Waals surface area (Å²) in [7, 11) is 0. The van der Waals surface area contributed by atoms with Crippen molar-refractivity contribution in [1.82, 2.24) is 9.38 Å². The van der Waals surface area contributed by atoms with Gasteiger partial charge in [0.05, 0.1) is 6.54 Å². The van der Waals surface area contributed by atoms with Crippen LogP contribution >= 0.6 is 22.7 Å². The fourth-order valence-electron chi connectivity index (χ4n) is 2.19. The Balaban J connectivity index is 2.04. The molecular weight excluding hydrogens is 290 g/mol. The predicted molar refractivity (Wildman–Crippen MR) is 84.1 cm³/mol. The minimum absolute atomic E-state index is 0.278. The maximum atomic E-state index is 11.4. The number of aldehydes is 1. The standard InChI is InChI=1S/C14H15N3OS2/c1-10(2)17(8-11-4-3-6-19-11)13-12(9-18)16-5-7-20-14(16)15-13/h3-7,9-10H,8H2,1-2H3. The zero-order chi connectivity index (χ0) is 14.1. The maximum Gasteiger partial charge on any atom is 0.196 e. The minimum atomic E-state index is 0.278. The molecule has 0 aliphatic carbocycles. The van der Waals surface area contributed by atoms with Crippen LogP contribution in [0.2, 0.25) is 0 Å². The smallest absolute Gasteiger partial charge is 0.196 e. The average molecular weight is 305 g/mol. The van der Waals surface area contributed by atoms with E-state index in [9.17, 15) is 4.79 Å². The number of hydrogen-bond donors (Lipinski definition) is 0. The number of aromatic nitrogens is 2. The lowest BCUT2D eigenvalue weighted by molar-refractivity contribution is 0.111. The summed E-state index contributed by atoms with van der Waals surface area (Å²) in [4.78, 5) is 20.4. The van der Waals surface area contributed by atoms with Gasteiger partial charge in [0.2, 0.25) is 0 Å². The van der Waals surface area contributed by atoms with Gasteiger partial charge < -0.3 is 4.90 Å². The van der Waals surface area contributed by atoms with Crippen LogP contribution in [0.5, 0.6) is 0 Å². The summed E-state index contributed by atoms with van der Waals surface area (Å²) in [6.07, 6.45) is 2.79. The number of hydrogen-bond acceptors (Lipinski definition) is 5. The number of carbonyl (C=O) groups is 1. The van der Waals surface area contributed by atoms with E-state index in [2.05, 4.69) is 35.2 Å². The molecule has 0 atom stereocenters. The van der Waals surface area contributed by atoms with Gasteiger partial charge >= 0.3 is 0 Å². The second-order valence-electron chi connectivity index (χ2n) is 4.80. The summed E-state index contributed by atoms with van der Waals surface area (Å²) < 4.78 is 1.86. The molecule has 0 fully saturated rings. The quantitative estimate of drug-likeness (QED) is 0.675. The SMILES string of the molecule is CC(C)N(Cc1cccs1)c1nc2sccn2c1C=O. The highest BCUT2D eigenvalue weighted by Gasteiger charge is 2.21. The minimum Gasteiger partial charge on any atom is -0.347 e. The third-order valence-electron chi connectivity index (χ3n) is 3.19. The van der Waals surface area contributed by atoms with Crippen molar-refractivity contribution < 1.29 is 4.79 Å². The molecule has 0 unspecified atom stereocenters. The second-order valence-corrected chi connectivity index (χ2v) is 6.70. The van der Waals surface area contributed by atoms with Crippen LogP contribution in [-0.2, 0) is 6.54 Å².